The van der Waals surface area contributed by atoms with Gasteiger partial charge in [-0.3, -0.25) is 9.97 Å². The molecule has 0 spiro atoms. The highest BCUT2D eigenvalue weighted by Gasteiger charge is 2.04. The zero-order valence-electron chi connectivity index (χ0n) is 13.4. The summed E-state index contributed by atoms with van der Waals surface area (Å²) in [4.78, 5) is 20.4. The van der Waals surface area contributed by atoms with E-state index < -0.39 is 0 Å². The fourth-order valence-electron chi connectivity index (χ4n) is 2.29. The molecule has 0 saturated carbocycles. The van der Waals surface area contributed by atoms with Crippen LogP contribution in [-0.2, 0) is 13.1 Å². The van der Waals surface area contributed by atoms with Crippen molar-refractivity contribution in [1.29, 1.82) is 0 Å². The van der Waals surface area contributed by atoms with Gasteiger partial charge in [-0.25, -0.2) is 4.79 Å². The van der Waals surface area contributed by atoms with Gasteiger partial charge in [0.2, 0.25) is 0 Å². The second-order valence-corrected chi connectivity index (χ2v) is 5.89. The summed E-state index contributed by atoms with van der Waals surface area (Å²) in [6.45, 7) is 0.864. The minimum absolute atomic E-state index is 0.227. The van der Waals surface area contributed by atoms with Crippen LogP contribution >= 0.6 is 11.6 Å². The van der Waals surface area contributed by atoms with Crippen molar-refractivity contribution in [2.45, 2.75) is 13.1 Å². The number of carbonyl (C=O) groups is 1. The third kappa shape index (κ3) is 5.02. The first-order valence-electron chi connectivity index (χ1n) is 7.82. The van der Waals surface area contributed by atoms with Crippen molar-refractivity contribution in [1.82, 2.24) is 20.6 Å². The topological polar surface area (TPSA) is 66.9 Å². The van der Waals surface area contributed by atoms with Gasteiger partial charge in [0.15, 0.2) is 0 Å². The van der Waals surface area contributed by atoms with Crippen molar-refractivity contribution < 1.29 is 4.79 Å². The minimum atomic E-state index is -0.227. The first-order chi connectivity index (χ1) is 12.2. The monoisotopic (exact) mass is 352 g/mol. The fourth-order valence-corrected chi connectivity index (χ4v) is 2.41. The maximum Gasteiger partial charge on any atom is 0.315 e. The number of hydrogen-bond donors (Lipinski definition) is 2. The lowest BCUT2D eigenvalue weighted by Crippen LogP contribution is -2.34. The summed E-state index contributed by atoms with van der Waals surface area (Å²) in [7, 11) is 0. The van der Waals surface area contributed by atoms with Crippen LogP contribution in [0.3, 0.4) is 0 Å². The van der Waals surface area contributed by atoms with Gasteiger partial charge in [-0.2, -0.15) is 0 Å². The van der Waals surface area contributed by atoms with Crippen molar-refractivity contribution in [2.24, 2.45) is 0 Å². The van der Waals surface area contributed by atoms with E-state index in [0.717, 1.165) is 22.4 Å². The van der Waals surface area contributed by atoms with Crippen LogP contribution in [0.4, 0.5) is 4.79 Å². The Bertz CT molecular complexity index is 838. The van der Waals surface area contributed by atoms with Crippen molar-refractivity contribution in [3.05, 3.63) is 83.3 Å². The maximum absolute atomic E-state index is 11.9. The van der Waals surface area contributed by atoms with E-state index in [-0.39, 0.29) is 6.03 Å². The number of pyridine rings is 2. The van der Waals surface area contributed by atoms with Crippen LogP contribution in [0.25, 0.3) is 11.3 Å². The Labute approximate surface area is 151 Å². The molecule has 2 heterocycles. The maximum atomic E-state index is 11.9. The summed E-state index contributed by atoms with van der Waals surface area (Å²) in [5, 5.41) is 6.33. The van der Waals surface area contributed by atoms with E-state index in [2.05, 4.69) is 20.6 Å². The molecule has 0 unspecified atom stereocenters. The molecule has 1 aromatic carbocycles. The SMILES string of the molecule is O=C(NCc1ccc(Cl)cc1)NCc1ccnc(-c2cccnc2)c1. The Morgan fingerprint density at radius 1 is 0.960 bits per heavy atom. The lowest BCUT2D eigenvalue weighted by molar-refractivity contribution is 0.240. The summed E-state index contributed by atoms with van der Waals surface area (Å²) < 4.78 is 0. The molecule has 3 aromatic rings. The molecule has 25 heavy (non-hydrogen) atoms. The van der Waals surface area contributed by atoms with Crippen molar-refractivity contribution in [3.8, 4) is 11.3 Å². The standard InChI is InChI=1S/C19H17ClN4O/c20-17-5-3-14(4-6-17)11-23-19(25)24-12-15-7-9-22-18(10-15)16-2-1-8-21-13-16/h1-10,13H,11-12H2,(H2,23,24,25). The molecule has 0 radical (unpaired) electrons. The zero-order valence-corrected chi connectivity index (χ0v) is 14.2. The largest absolute Gasteiger partial charge is 0.334 e. The molecule has 3 rings (SSSR count). The molecule has 0 saturated heterocycles. The van der Waals surface area contributed by atoms with Crippen LogP contribution in [0.1, 0.15) is 11.1 Å². The highest BCUT2D eigenvalue weighted by atomic mass is 35.5. The molecule has 6 heteroatoms. The first-order valence-corrected chi connectivity index (χ1v) is 8.20. The van der Waals surface area contributed by atoms with Crippen LogP contribution in [0.15, 0.2) is 67.1 Å². The number of benzene rings is 1. The summed E-state index contributed by atoms with van der Waals surface area (Å²) in [5.41, 5.74) is 3.73. The smallest absolute Gasteiger partial charge is 0.315 e. The normalized spacial score (nSPS) is 10.3. The number of hydrogen-bond acceptors (Lipinski definition) is 3. The van der Waals surface area contributed by atoms with Gasteiger partial charge < -0.3 is 10.6 Å². The number of rotatable bonds is 5. The van der Waals surface area contributed by atoms with Crippen LogP contribution in [0.2, 0.25) is 5.02 Å². The Morgan fingerprint density at radius 2 is 1.72 bits per heavy atom. The van der Waals surface area contributed by atoms with E-state index in [1.54, 1.807) is 30.7 Å². The Morgan fingerprint density at radius 3 is 2.44 bits per heavy atom. The minimum Gasteiger partial charge on any atom is -0.334 e. The summed E-state index contributed by atoms with van der Waals surface area (Å²) in [6.07, 6.45) is 5.21. The molecule has 0 aliphatic heterocycles. The van der Waals surface area contributed by atoms with E-state index in [4.69, 9.17) is 11.6 Å². The Balaban J connectivity index is 1.53. The van der Waals surface area contributed by atoms with Gasteiger partial charge in [-0.15, -0.1) is 0 Å². The molecule has 2 N–H and O–H groups in total. The molecule has 2 amide bonds. The number of halogens is 1. The molecular formula is C19H17ClN4O. The van der Waals surface area contributed by atoms with Crippen LogP contribution in [0.5, 0.6) is 0 Å². The van der Waals surface area contributed by atoms with E-state index in [9.17, 15) is 4.79 Å². The Kier molecular flexibility index (Phi) is 5.59. The second-order valence-electron chi connectivity index (χ2n) is 5.45. The first kappa shape index (κ1) is 16.9. The zero-order chi connectivity index (χ0) is 17.5. The van der Waals surface area contributed by atoms with E-state index in [1.165, 1.54) is 0 Å². The van der Waals surface area contributed by atoms with Crippen molar-refractivity contribution >= 4 is 17.6 Å². The third-order valence-electron chi connectivity index (χ3n) is 3.60. The number of carbonyl (C=O) groups excluding carboxylic acids is 1. The van der Waals surface area contributed by atoms with Gasteiger partial charge >= 0.3 is 6.03 Å². The van der Waals surface area contributed by atoms with E-state index >= 15 is 0 Å². The number of amides is 2. The highest BCUT2D eigenvalue weighted by molar-refractivity contribution is 6.30. The lowest BCUT2D eigenvalue weighted by atomic mass is 10.1. The summed E-state index contributed by atoms with van der Waals surface area (Å²) >= 11 is 5.84. The third-order valence-corrected chi connectivity index (χ3v) is 3.85. The number of aromatic nitrogens is 2. The summed E-state index contributed by atoms with van der Waals surface area (Å²) in [6, 6.07) is 14.8. The van der Waals surface area contributed by atoms with E-state index in [1.807, 2.05) is 36.4 Å². The molecule has 0 aliphatic carbocycles. The second kappa shape index (κ2) is 8.26. The molecule has 0 bridgehead atoms. The van der Waals surface area contributed by atoms with Gasteiger partial charge in [0.05, 0.1) is 5.69 Å². The lowest BCUT2D eigenvalue weighted by Gasteiger charge is -2.09. The van der Waals surface area contributed by atoms with Gasteiger partial charge in [0.25, 0.3) is 0 Å². The van der Waals surface area contributed by atoms with Crippen LogP contribution < -0.4 is 10.6 Å². The van der Waals surface area contributed by atoms with E-state index in [0.29, 0.717) is 18.1 Å². The van der Waals surface area contributed by atoms with Gasteiger partial charge in [-0.05, 0) is 47.5 Å². The predicted octanol–water partition coefficient (Wildman–Crippen LogP) is 3.80. The van der Waals surface area contributed by atoms with Gasteiger partial charge in [0, 0.05) is 42.3 Å². The molecule has 0 fully saturated rings. The Hall–Kier alpha value is -2.92. The van der Waals surface area contributed by atoms with Crippen molar-refractivity contribution in [2.75, 3.05) is 0 Å². The quantitative estimate of drug-likeness (QED) is 0.734. The number of nitrogens with zero attached hydrogens (tertiary/aromatic N) is 2. The van der Waals surface area contributed by atoms with Gasteiger partial charge in [0.1, 0.15) is 0 Å². The molecule has 0 atom stereocenters. The summed E-state index contributed by atoms with van der Waals surface area (Å²) in [5.74, 6) is 0. The highest BCUT2D eigenvalue weighted by Crippen LogP contribution is 2.16. The average Bonchev–Trinajstić information content (AvgIpc) is 2.67. The molecule has 5 nitrogen and oxygen atoms in total. The van der Waals surface area contributed by atoms with Crippen LogP contribution in [0, 0.1) is 0 Å². The van der Waals surface area contributed by atoms with Crippen LogP contribution in [-0.4, -0.2) is 16.0 Å². The average molecular weight is 353 g/mol. The number of nitrogens with one attached hydrogen (secondary N) is 2. The molecule has 126 valence electrons. The predicted molar refractivity (Wildman–Crippen MR) is 98.0 cm³/mol. The molecular weight excluding hydrogens is 336 g/mol. The molecule has 2 aromatic heterocycles. The van der Waals surface area contributed by atoms with Crippen molar-refractivity contribution in [3.63, 3.8) is 0 Å². The van der Waals surface area contributed by atoms with Gasteiger partial charge in [-0.1, -0.05) is 23.7 Å². The fraction of sp³-hybridized carbons (Fsp3) is 0.105. The number of urea groups is 1. The molecule has 0 aliphatic rings.